The minimum Gasteiger partial charge on any atom is -0.437 e. The molecule has 31 heavy (non-hydrogen) atoms. The second-order valence-corrected chi connectivity index (χ2v) is 6.83. The van der Waals surface area contributed by atoms with E-state index < -0.39 is 0 Å². The van der Waals surface area contributed by atoms with E-state index in [0.29, 0.717) is 49.6 Å². The minimum atomic E-state index is -0.295. The van der Waals surface area contributed by atoms with Gasteiger partial charge in [-0.15, -0.1) is 0 Å². The van der Waals surface area contributed by atoms with Crippen molar-refractivity contribution < 1.29 is 14.3 Å². The average molecular weight is 421 g/mol. The maximum atomic E-state index is 11.6. The lowest BCUT2D eigenvalue weighted by molar-refractivity contribution is -0.111. The number of hydrogen-bond acceptors (Lipinski definition) is 8. The van der Waals surface area contributed by atoms with Crippen molar-refractivity contribution >= 4 is 28.9 Å². The van der Waals surface area contributed by atoms with Gasteiger partial charge in [0.25, 0.3) is 0 Å². The molecule has 0 spiro atoms. The number of morpholine rings is 1. The lowest BCUT2D eigenvalue weighted by Gasteiger charge is -2.29. The van der Waals surface area contributed by atoms with Crippen LogP contribution < -0.4 is 20.3 Å². The molecule has 4 rings (SSSR count). The minimum absolute atomic E-state index is 0.295. The van der Waals surface area contributed by atoms with E-state index in [-0.39, 0.29) is 5.91 Å². The van der Waals surface area contributed by atoms with E-state index in [1.54, 1.807) is 41.3 Å². The number of aromatic nitrogens is 4. The number of ether oxygens (including phenoxy) is 2. The van der Waals surface area contributed by atoms with E-state index in [1.165, 1.54) is 6.08 Å². The van der Waals surface area contributed by atoms with E-state index in [2.05, 4.69) is 37.2 Å². The number of nitrogens with zero attached hydrogens (tertiary/aromatic N) is 5. The molecule has 1 aromatic carbocycles. The summed E-state index contributed by atoms with van der Waals surface area (Å²) < 4.78 is 13.3. The number of hydrogen-bond donors (Lipinski definition) is 2. The third-order valence-corrected chi connectivity index (χ3v) is 4.55. The second-order valence-electron chi connectivity index (χ2n) is 6.83. The molecule has 0 bridgehead atoms. The fraction of sp³-hybridized carbons (Fsp3) is 0.238. The number of carbonyl (C=O) groups is 1. The summed E-state index contributed by atoms with van der Waals surface area (Å²) in [5.74, 6) is 1.02. The van der Waals surface area contributed by atoms with Crippen molar-refractivity contribution in [3.8, 4) is 11.6 Å². The highest BCUT2D eigenvalue weighted by molar-refractivity contribution is 5.98. The topological polar surface area (TPSA) is 106 Å². The average Bonchev–Trinajstić information content (AvgIpc) is 3.19. The third kappa shape index (κ3) is 5.17. The van der Waals surface area contributed by atoms with Crippen molar-refractivity contribution in [3.63, 3.8) is 0 Å². The second kappa shape index (κ2) is 9.26. The van der Waals surface area contributed by atoms with E-state index in [9.17, 15) is 4.79 Å². The molecule has 0 saturated carbocycles. The normalized spacial score (nSPS) is 13.5. The van der Waals surface area contributed by atoms with Gasteiger partial charge in [-0.2, -0.15) is 10.1 Å². The van der Waals surface area contributed by atoms with Crippen LogP contribution in [-0.2, 0) is 16.6 Å². The first kappa shape index (κ1) is 20.4. The molecule has 0 atom stereocenters. The molecule has 10 heteroatoms. The van der Waals surface area contributed by atoms with Crippen LogP contribution in [-0.4, -0.2) is 52.0 Å². The highest BCUT2D eigenvalue weighted by Gasteiger charge is 2.19. The third-order valence-electron chi connectivity index (χ3n) is 4.55. The molecule has 1 aliphatic heterocycles. The zero-order valence-corrected chi connectivity index (χ0v) is 17.1. The molecule has 0 radical (unpaired) electrons. The molecule has 1 amide bonds. The quantitative estimate of drug-likeness (QED) is 0.561. The van der Waals surface area contributed by atoms with Crippen molar-refractivity contribution in [2.75, 3.05) is 41.8 Å². The molecule has 2 aromatic heterocycles. The summed E-state index contributed by atoms with van der Waals surface area (Å²) >= 11 is 0. The van der Waals surface area contributed by atoms with Gasteiger partial charge in [0.2, 0.25) is 17.7 Å². The summed E-state index contributed by atoms with van der Waals surface area (Å²) in [5.41, 5.74) is 2.13. The Hall–Kier alpha value is -3.92. The number of anilines is 4. The van der Waals surface area contributed by atoms with Gasteiger partial charge in [0.05, 0.1) is 31.3 Å². The Morgan fingerprint density at radius 2 is 2.10 bits per heavy atom. The Labute approximate surface area is 179 Å². The Morgan fingerprint density at radius 1 is 1.26 bits per heavy atom. The van der Waals surface area contributed by atoms with E-state index >= 15 is 0 Å². The molecule has 1 saturated heterocycles. The summed E-state index contributed by atoms with van der Waals surface area (Å²) in [6, 6.07) is 7.08. The van der Waals surface area contributed by atoms with Crippen LogP contribution >= 0.6 is 0 Å². The lowest BCUT2D eigenvalue weighted by atomic mass is 10.3. The summed E-state index contributed by atoms with van der Waals surface area (Å²) in [6.07, 6.45) is 6.46. The molecule has 1 fully saturated rings. The standard InChI is InChI=1S/C21H23N7O3/c1-3-19(29)24-15-5-4-6-17(11-15)31-20-18(28-7-9-30-10-8-28)13-22-21(26-20)25-16-12-23-27(2)14-16/h3-6,11-14H,1,7-10H2,2H3,(H,24,29)(H,22,25,26). The Bertz CT molecular complexity index is 1080. The van der Waals surface area contributed by atoms with Crippen molar-refractivity contribution in [1.82, 2.24) is 19.7 Å². The number of nitrogens with one attached hydrogen (secondary N) is 2. The molecule has 2 N–H and O–H groups in total. The molecule has 3 aromatic rings. The monoisotopic (exact) mass is 421 g/mol. The lowest BCUT2D eigenvalue weighted by Crippen LogP contribution is -2.36. The SMILES string of the molecule is C=CC(=O)Nc1cccc(Oc2nc(Nc3cnn(C)c3)ncc2N2CCOCC2)c1. The maximum absolute atomic E-state index is 11.6. The molecular formula is C21H23N7O3. The first-order valence-electron chi connectivity index (χ1n) is 9.77. The van der Waals surface area contributed by atoms with Gasteiger partial charge in [0.15, 0.2) is 0 Å². The fourth-order valence-electron chi connectivity index (χ4n) is 3.07. The van der Waals surface area contributed by atoms with Gasteiger partial charge in [-0.3, -0.25) is 9.48 Å². The van der Waals surface area contributed by atoms with Crippen molar-refractivity contribution in [3.05, 3.63) is 55.5 Å². The van der Waals surface area contributed by atoms with E-state index in [4.69, 9.17) is 9.47 Å². The van der Waals surface area contributed by atoms with Crippen LogP contribution in [0.15, 0.2) is 55.5 Å². The highest BCUT2D eigenvalue weighted by Crippen LogP contribution is 2.32. The number of carbonyl (C=O) groups excluding carboxylic acids is 1. The highest BCUT2D eigenvalue weighted by atomic mass is 16.5. The Kier molecular flexibility index (Phi) is 6.08. The number of benzene rings is 1. The van der Waals surface area contributed by atoms with Crippen molar-refractivity contribution in [2.45, 2.75) is 0 Å². The van der Waals surface area contributed by atoms with Crippen molar-refractivity contribution in [1.29, 1.82) is 0 Å². The molecule has 0 unspecified atom stereocenters. The number of aryl methyl sites for hydroxylation is 1. The van der Waals surface area contributed by atoms with Crippen LogP contribution in [0.5, 0.6) is 11.6 Å². The first-order chi connectivity index (χ1) is 15.1. The molecule has 1 aliphatic rings. The predicted octanol–water partition coefficient (Wildman–Crippen LogP) is 2.71. The van der Waals surface area contributed by atoms with Crippen molar-refractivity contribution in [2.24, 2.45) is 7.05 Å². The summed E-state index contributed by atoms with van der Waals surface area (Å²) in [4.78, 5) is 22.8. The summed E-state index contributed by atoms with van der Waals surface area (Å²) in [6.45, 7) is 6.14. The largest absolute Gasteiger partial charge is 0.437 e. The van der Waals surface area contributed by atoms with Gasteiger partial charge in [-0.25, -0.2) is 4.98 Å². The molecule has 0 aliphatic carbocycles. The van der Waals surface area contributed by atoms with Crippen LogP contribution in [0.25, 0.3) is 0 Å². The van der Waals surface area contributed by atoms with Gasteiger partial charge < -0.3 is 25.0 Å². The Balaban J connectivity index is 1.62. The number of rotatable bonds is 7. The predicted molar refractivity (Wildman–Crippen MR) is 117 cm³/mol. The fourth-order valence-corrected chi connectivity index (χ4v) is 3.07. The van der Waals surface area contributed by atoms with Crippen LogP contribution in [0.1, 0.15) is 0 Å². The molecule has 10 nitrogen and oxygen atoms in total. The Morgan fingerprint density at radius 3 is 2.84 bits per heavy atom. The zero-order chi connectivity index (χ0) is 21.6. The smallest absolute Gasteiger partial charge is 0.248 e. The maximum Gasteiger partial charge on any atom is 0.248 e. The van der Waals surface area contributed by atoms with Gasteiger partial charge in [0, 0.05) is 38.1 Å². The zero-order valence-electron chi connectivity index (χ0n) is 17.1. The number of amides is 1. The van der Waals surface area contributed by atoms with E-state index in [0.717, 1.165) is 11.4 Å². The molecule has 3 heterocycles. The van der Waals surface area contributed by atoms with Crippen LogP contribution in [0, 0.1) is 0 Å². The van der Waals surface area contributed by atoms with Gasteiger partial charge in [-0.1, -0.05) is 12.6 Å². The van der Waals surface area contributed by atoms with Gasteiger partial charge in [0.1, 0.15) is 11.4 Å². The van der Waals surface area contributed by atoms with Crippen LogP contribution in [0.4, 0.5) is 23.0 Å². The van der Waals surface area contributed by atoms with Gasteiger partial charge >= 0.3 is 0 Å². The summed E-state index contributed by atoms with van der Waals surface area (Å²) in [5, 5.41) is 9.99. The first-order valence-corrected chi connectivity index (χ1v) is 9.77. The van der Waals surface area contributed by atoms with Crippen LogP contribution in [0.2, 0.25) is 0 Å². The van der Waals surface area contributed by atoms with Crippen LogP contribution in [0.3, 0.4) is 0 Å². The van der Waals surface area contributed by atoms with Gasteiger partial charge in [-0.05, 0) is 18.2 Å². The van der Waals surface area contributed by atoms with E-state index in [1.807, 2.05) is 13.2 Å². The summed E-state index contributed by atoms with van der Waals surface area (Å²) in [7, 11) is 1.83. The molecular weight excluding hydrogens is 398 g/mol. The molecule has 160 valence electrons.